The van der Waals surface area contributed by atoms with Gasteiger partial charge in [-0.2, -0.15) is 8.42 Å². The molecule has 1 aromatic carbocycles. The normalized spacial score (nSPS) is 11.4. The number of fused-ring (bicyclic) bond motifs is 1. The monoisotopic (exact) mass is 265 g/mol. The molecule has 1 heterocycles. The molecule has 0 spiro atoms. The van der Waals surface area contributed by atoms with E-state index < -0.39 is 15.9 Å². The number of rotatable bonds is 1. The van der Waals surface area contributed by atoms with Crippen LogP contribution >= 0.6 is 12.4 Å². The Labute approximate surface area is 96.4 Å². The van der Waals surface area contributed by atoms with E-state index in [1.165, 1.54) is 6.07 Å². The first kappa shape index (κ1) is 12.8. The van der Waals surface area contributed by atoms with Gasteiger partial charge in [-0.25, -0.2) is 4.79 Å². The zero-order valence-electron chi connectivity index (χ0n) is 8.05. The minimum Gasteiger partial charge on any atom is -0.408 e. The lowest BCUT2D eigenvalue weighted by atomic mass is 10.2. The van der Waals surface area contributed by atoms with Crippen molar-refractivity contribution in [2.75, 3.05) is 0 Å². The van der Waals surface area contributed by atoms with Crippen LogP contribution in [0.4, 0.5) is 0 Å². The second-order valence-corrected chi connectivity index (χ2v) is 4.52. The lowest BCUT2D eigenvalue weighted by molar-refractivity contribution is 0.482. The van der Waals surface area contributed by atoms with Crippen molar-refractivity contribution in [3.63, 3.8) is 0 Å². The maximum atomic E-state index is 10.9. The van der Waals surface area contributed by atoms with Crippen molar-refractivity contribution in [1.29, 1.82) is 0 Å². The topological polar surface area (TPSA) is 100 Å². The predicted molar refractivity (Wildman–Crippen MR) is 58.6 cm³/mol. The SMILES string of the molecule is Cc1cc(S(=O)(=O)O)cc2oc(=O)[nH]c12.Cl. The molecule has 0 bridgehead atoms. The maximum Gasteiger partial charge on any atom is 0.417 e. The van der Waals surface area contributed by atoms with Gasteiger partial charge in [0.15, 0.2) is 5.58 Å². The number of aryl methyl sites for hydroxylation is 1. The molecule has 0 unspecified atom stereocenters. The van der Waals surface area contributed by atoms with Crippen LogP contribution in [-0.4, -0.2) is 18.0 Å². The molecule has 2 rings (SSSR count). The van der Waals surface area contributed by atoms with Gasteiger partial charge in [-0.05, 0) is 18.6 Å². The third-order valence-corrected chi connectivity index (χ3v) is 2.83. The highest BCUT2D eigenvalue weighted by Gasteiger charge is 2.14. The summed E-state index contributed by atoms with van der Waals surface area (Å²) in [7, 11) is -4.28. The Bertz CT molecular complexity index is 684. The number of halogens is 1. The first-order valence-corrected chi connectivity index (χ1v) is 5.43. The number of hydrogen-bond acceptors (Lipinski definition) is 4. The van der Waals surface area contributed by atoms with Crippen molar-refractivity contribution in [3.8, 4) is 0 Å². The van der Waals surface area contributed by atoms with Gasteiger partial charge in [0.2, 0.25) is 0 Å². The van der Waals surface area contributed by atoms with Crippen LogP contribution in [0.1, 0.15) is 5.56 Å². The van der Waals surface area contributed by atoms with Gasteiger partial charge in [-0.3, -0.25) is 9.54 Å². The first-order valence-electron chi connectivity index (χ1n) is 3.99. The summed E-state index contributed by atoms with van der Waals surface area (Å²) in [5.74, 6) is -0.666. The van der Waals surface area contributed by atoms with E-state index in [0.29, 0.717) is 11.1 Å². The molecule has 16 heavy (non-hydrogen) atoms. The van der Waals surface area contributed by atoms with Crippen LogP contribution in [-0.2, 0) is 10.1 Å². The average Bonchev–Trinajstić information content (AvgIpc) is 2.44. The van der Waals surface area contributed by atoms with Gasteiger partial charge >= 0.3 is 5.76 Å². The Morgan fingerprint density at radius 1 is 1.38 bits per heavy atom. The van der Waals surface area contributed by atoms with Gasteiger partial charge in [0, 0.05) is 6.07 Å². The van der Waals surface area contributed by atoms with E-state index in [0.717, 1.165) is 6.07 Å². The molecule has 0 atom stereocenters. The van der Waals surface area contributed by atoms with E-state index in [1.54, 1.807) is 6.92 Å². The smallest absolute Gasteiger partial charge is 0.408 e. The summed E-state index contributed by atoms with van der Waals surface area (Å²) in [5, 5.41) is 0. The largest absolute Gasteiger partial charge is 0.417 e. The standard InChI is InChI=1S/C8H7NO5S.ClH/c1-4-2-5(15(11,12)13)3-6-7(4)9-8(10)14-6;/h2-3H,1H3,(H,9,10)(H,11,12,13);1H. The third kappa shape index (κ3) is 2.11. The molecule has 0 aliphatic carbocycles. The fourth-order valence-electron chi connectivity index (χ4n) is 1.34. The number of aromatic nitrogens is 1. The number of aromatic amines is 1. The molecule has 2 N–H and O–H groups in total. The molecule has 1 aromatic heterocycles. The Morgan fingerprint density at radius 2 is 2.00 bits per heavy atom. The van der Waals surface area contributed by atoms with Crippen LogP contribution in [0, 0.1) is 6.92 Å². The molecule has 0 saturated carbocycles. The predicted octanol–water partition coefficient (Wildman–Crippen LogP) is 1.10. The molecule has 0 fully saturated rings. The lowest BCUT2D eigenvalue weighted by Gasteiger charge is -1.98. The maximum absolute atomic E-state index is 10.9. The van der Waals surface area contributed by atoms with Gasteiger partial charge in [-0.15, -0.1) is 12.4 Å². The molecule has 0 aliphatic heterocycles. The summed E-state index contributed by atoms with van der Waals surface area (Å²) in [4.78, 5) is 13.0. The van der Waals surface area contributed by atoms with Crippen LogP contribution in [0.3, 0.4) is 0 Å². The molecule has 0 aliphatic rings. The van der Waals surface area contributed by atoms with Crippen molar-refractivity contribution >= 4 is 33.6 Å². The lowest BCUT2D eigenvalue weighted by Crippen LogP contribution is -1.98. The van der Waals surface area contributed by atoms with E-state index >= 15 is 0 Å². The van der Waals surface area contributed by atoms with Gasteiger partial charge in [-0.1, -0.05) is 0 Å². The van der Waals surface area contributed by atoms with E-state index in [9.17, 15) is 13.2 Å². The van der Waals surface area contributed by atoms with Crippen molar-refractivity contribution in [2.24, 2.45) is 0 Å². The van der Waals surface area contributed by atoms with Crippen LogP contribution in [0.15, 0.2) is 26.2 Å². The molecule has 0 amide bonds. The molecule has 0 saturated heterocycles. The Hall–Kier alpha value is -1.31. The highest BCUT2D eigenvalue weighted by molar-refractivity contribution is 7.85. The fourth-order valence-corrected chi connectivity index (χ4v) is 1.92. The van der Waals surface area contributed by atoms with Crippen molar-refractivity contribution < 1.29 is 17.4 Å². The van der Waals surface area contributed by atoms with Gasteiger partial charge in [0.25, 0.3) is 10.1 Å². The second-order valence-electron chi connectivity index (χ2n) is 3.10. The van der Waals surface area contributed by atoms with E-state index in [4.69, 9.17) is 8.97 Å². The summed E-state index contributed by atoms with van der Waals surface area (Å²) in [6, 6.07) is 2.35. The summed E-state index contributed by atoms with van der Waals surface area (Å²) in [6.45, 7) is 1.60. The van der Waals surface area contributed by atoms with Gasteiger partial charge in [0.05, 0.1) is 10.4 Å². The van der Waals surface area contributed by atoms with Crippen molar-refractivity contribution in [3.05, 3.63) is 28.2 Å². The highest BCUT2D eigenvalue weighted by Crippen LogP contribution is 2.20. The van der Waals surface area contributed by atoms with Crippen LogP contribution < -0.4 is 5.76 Å². The van der Waals surface area contributed by atoms with Gasteiger partial charge < -0.3 is 4.42 Å². The van der Waals surface area contributed by atoms with E-state index in [-0.39, 0.29) is 22.9 Å². The van der Waals surface area contributed by atoms with E-state index in [2.05, 4.69) is 4.98 Å². The molecule has 2 aromatic rings. The average molecular weight is 266 g/mol. The van der Waals surface area contributed by atoms with E-state index in [1.807, 2.05) is 0 Å². The van der Waals surface area contributed by atoms with Gasteiger partial charge in [0.1, 0.15) is 0 Å². The van der Waals surface area contributed by atoms with Crippen LogP contribution in [0.2, 0.25) is 0 Å². The van der Waals surface area contributed by atoms with Crippen LogP contribution in [0.25, 0.3) is 11.1 Å². The Kier molecular flexibility index (Phi) is 3.13. The molecule has 88 valence electrons. The highest BCUT2D eigenvalue weighted by atomic mass is 35.5. The Balaban J connectivity index is 0.00000128. The second kappa shape index (κ2) is 3.93. The zero-order valence-corrected chi connectivity index (χ0v) is 9.68. The first-order chi connectivity index (χ1) is 6.88. The van der Waals surface area contributed by atoms with Crippen LogP contribution in [0.5, 0.6) is 0 Å². The third-order valence-electron chi connectivity index (χ3n) is 2.00. The minimum atomic E-state index is -4.28. The summed E-state index contributed by atoms with van der Waals surface area (Å²) < 4.78 is 35.2. The number of oxazole rings is 1. The summed E-state index contributed by atoms with van der Waals surface area (Å²) in [5.41, 5.74) is 1.03. The molecule has 8 heteroatoms. The number of benzene rings is 1. The molecule has 6 nitrogen and oxygen atoms in total. The molecular formula is C8H8ClNO5S. The minimum absolute atomic E-state index is 0. The summed E-state index contributed by atoms with van der Waals surface area (Å²) >= 11 is 0. The number of H-pyrrole nitrogens is 1. The molecular weight excluding hydrogens is 258 g/mol. The molecule has 0 radical (unpaired) electrons. The van der Waals surface area contributed by atoms with Crippen molar-refractivity contribution in [1.82, 2.24) is 4.98 Å². The fraction of sp³-hybridized carbons (Fsp3) is 0.125. The summed E-state index contributed by atoms with van der Waals surface area (Å²) in [6.07, 6.45) is 0. The zero-order chi connectivity index (χ0) is 11.2. The number of hydrogen-bond donors (Lipinski definition) is 2. The van der Waals surface area contributed by atoms with Crippen molar-refractivity contribution in [2.45, 2.75) is 11.8 Å². The Morgan fingerprint density at radius 3 is 2.56 bits per heavy atom. The quantitative estimate of drug-likeness (QED) is 0.752. The number of nitrogens with one attached hydrogen (secondary N) is 1.